The molecule has 0 saturated carbocycles. The lowest BCUT2D eigenvalue weighted by atomic mass is 10.2. The highest BCUT2D eigenvalue weighted by atomic mass is 79.9. The van der Waals surface area contributed by atoms with Crippen molar-refractivity contribution in [3.8, 4) is 0 Å². The van der Waals surface area contributed by atoms with Crippen molar-refractivity contribution < 1.29 is 19.1 Å². The fourth-order valence-corrected chi connectivity index (χ4v) is 1.81. The van der Waals surface area contributed by atoms with Crippen LogP contribution in [0, 0.1) is 0 Å². The first-order valence-electron chi connectivity index (χ1n) is 6.35. The lowest BCUT2D eigenvalue weighted by Crippen LogP contribution is -2.40. The van der Waals surface area contributed by atoms with Crippen molar-refractivity contribution in [2.75, 3.05) is 13.7 Å². The Balaban J connectivity index is 2.33. The van der Waals surface area contributed by atoms with Gasteiger partial charge in [-0.25, -0.2) is 4.79 Å². The molecule has 0 aromatic heterocycles. The SMILES string of the molecule is COC(=O)[C@@H](C)NC(=O)CCNC(=O)c1ccc(Br)cc1. The normalized spacial score (nSPS) is 11.4. The van der Waals surface area contributed by atoms with Gasteiger partial charge in [-0.1, -0.05) is 15.9 Å². The lowest BCUT2D eigenvalue weighted by molar-refractivity contribution is -0.144. The van der Waals surface area contributed by atoms with E-state index in [-0.39, 0.29) is 24.8 Å². The second kappa shape index (κ2) is 8.41. The maximum Gasteiger partial charge on any atom is 0.328 e. The van der Waals surface area contributed by atoms with Gasteiger partial charge in [-0.15, -0.1) is 0 Å². The molecule has 0 spiro atoms. The van der Waals surface area contributed by atoms with E-state index in [1.165, 1.54) is 14.0 Å². The number of benzene rings is 1. The maximum atomic E-state index is 11.8. The van der Waals surface area contributed by atoms with Crippen LogP contribution in [-0.2, 0) is 14.3 Å². The Morgan fingerprint density at radius 2 is 1.86 bits per heavy atom. The summed E-state index contributed by atoms with van der Waals surface area (Å²) in [6.07, 6.45) is 0.0869. The summed E-state index contributed by atoms with van der Waals surface area (Å²) in [6, 6.07) is 6.18. The Morgan fingerprint density at radius 3 is 2.43 bits per heavy atom. The van der Waals surface area contributed by atoms with E-state index >= 15 is 0 Å². The van der Waals surface area contributed by atoms with E-state index in [4.69, 9.17) is 0 Å². The minimum atomic E-state index is -0.704. The molecule has 0 unspecified atom stereocenters. The highest BCUT2D eigenvalue weighted by molar-refractivity contribution is 9.10. The molecule has 114 valence electrons. The van der Waals surface area contributed by atoms with E-state index in [0.717, 1.165) is 4.47 Å². The molecule has 0 aliphatic carbocycles. The van der Waals surface area contributed by atoms with Crippen LogP contribution in [0.1, 0.15) is 23.7 Å². The number of halogens is 1. The number of amides is 2. The van der Waals surface area contributed by atoms with Gasteiger partial charge < -0.3 is 15.4 Å². The summed E-state index contributed by atoms with van der Waals surface area (Å²) in [7, 11) is 1.25. The molecule has 21 heavy (non-hydrogen) atoms. The Hall–Kier alpha value is -1.89. The van der Waals surface area contributed by atoms with Gasteiger partial charge >= 0.3 is 5.97 Å². The number of ether oxygens (including phenoxy) is 1. The molecule has 7 heteroatoms. The highest BCUT2D eigenvalue weighted by Gasteiger charge is 2.15. The molecule has 1 atom stereocenters. The van der Waals surface area contributed by atoms with Crippen LogP contribution >= 0.6 is 15.9 Å². The number of hydrogen-bond donors (Lipinski definition) is 2. The highest BCUT2D eigenvalue weighted by Crippen LogP contribution is 2.10. The van der Waals surface area contributed by atoms with Gasteiger partial charge in [0.2, 0.25) is 5.91 Å². The van der Waals surface area contributed by atoms with Crippen LogP contribution in [0.2, 0.25) is 0 Å². The third-order valence-corrected chi connectivity index (χ3v) is 3.20. The second-order valence-corrected chi connectivity index (χ2v) is 5.24. The standard InChI is InChI=1S/C14H17BrN2O4/c1-9(14(20)21-2)17-12(18)7-8-16-13(19)10-3-5-11(15)6-4-10/h3-6,9H,7-8H2,1-2H3,(H,16,19)(H,17,18)/t9-/m1/s1. The summed E-state index contributed by atoms with van der Waals surface area (Å²) < 4.78 is 5.38. The number of esters is 1. The molecule has 1 aromatic rings. The van der Waals surface area contributed by atoms with Crippen LogP contribution in [-0.4, -0.2) is 37.5 Å². The average molecular weight is 357 g/mol. The van der Waals surface area contributed by atoms with Crippen LogP contribution in [0.4, 0.5) is 0 Å². The van der Waals surface area contributed by atoms with Crippen LogP contribution in [0.25, 0.3) is 0 Å². The van der Waals surface area contributed by atoms with E-state index < -0.39 is 12.0 Å². The summed E-state index contributed by atoms with van der Waals surface area (Å²) in [5, 5.41) is 5.12. The predicted molar refractivity (Wildman–Crippen MR) is 80.7 cm³/mol. The van der Waals surface area contributed by atoms with Gasteiger partial charge in [-0.3, -0.25) is 9.59 Å². The largest absolute Gasteiger partial charge is 0.467 e. The monoisotopic (exact) mass is 356 g/mol. The van der Waals surface area contributed by atoms with Crippen LogP contribution in [0.5, 0.6) is 0 Å². The first-order valence-corrected chi connectivity index (χ1v) is 7.14. The second-order valence-electron chi connectivity index (χ2n) is 4.33. The number of nitrogens with one attached hydrogen (secondary N) is 2. The number of methoxy groups -OCH3 is 1. The minimum Gasteiger partial charge on any atom is -0.467 e. The molecule has 0 radical (unpaired) electrons. The summed E-state index contributed by atoms with van der Waals surface area (Å²) in [5.41, 5.74) is 0.515. The molecule has 0 heterocycles. The smallest absolute Gasteiger partial charge is 0.328 e. The first-order chi connectivity index (χ1) is 9.93. The molecule has 6 nitrogen and oxygen atoms in total. The summed E-state index contributed by atoms with van der Waals surface area (Å²) in [4.78, 5) is 34.5. The zero-order valence-corrected chi connectivity index (χ0v) is 13.4. The van der Waals surface area contributed by atoms with Gasteiger partial charge in [0.05, 0.1) is 7.11 Å². The van der Waals surface area contributed by atoms with Gasteiger partial charge in [0.15, 0.2) is 0 Å². The minimum absolute atomic E-state index is 0.0869. The van der Waals surface area contributed by atoms with E-state index in [2.05, 4.69) is 31.3 Å². The summed E-state index contributed by atoms with van der Waals surface area (Å²) >= 11 is 3.28. The van der Waals surface area contributed by atoms with Crippen molar-refractivity contribution in [3.05, 3.63) is 34.3 Å². The molecule has 0 bridgehead atoms. The van der Waals surface area contributed by atoms with Crippen LogP contribution < -0.4 is 10.6 Å². The van der Waals surface area contributed by atoms with Crippen molar-refractivity contribution in [1.29, 1.82) is 0 Å². The van der Waals surface area contributed by atoms with Gasteiger partial charge in [-0.2, -0.15) is 0 Å². The van der Waals surface area contributed by atoms with E-state index in [1.54, 1.807) is 24.3 Å². The number of rotatable bonds is 6. The molecular weight excluding hydrogens is 340 g/mol. The zero-order valence-electron chi connectivity index (χ0n) is 11.8. The average Bonchev–Trinajstić information content (AvgIpc) is 2.46. The van der Waals surface area contributed by atoms with Gasteiger partial charge in [0.1, 0.15) is 6.04 Å². The summed E-state index contributed by atoms with van der Waals surface area (Å²) in [5.74, 6) is -1.09. The van der Waals surface area contributed by atoms with Crippen LogP contribution in [0.15, 0.2) is 28.7 Å². The lowest BCUT2D eigenvalue weighted by Gasteiger charge is -2.11. The fourth-order valence-electron chi connectivity index (χ4n) is 1.54. The third-order valence-electron chi connectivity index (χ3n) is 2.68. The van der Waals surface area contributed by atoms with Gasteiger partial charge in [0.25, 0.3) is 5.91 Å². The van der Waals surface area contributed by atoms with Gasteiger partial charge in [-0.05, 0) is 31.2 Å². The molecule has 0 aliphatic rings. The molecule has 0 saturated heterocycles. The van der Waals surface area contributed by atoms with Crippen molar-refractivity contribution in [1.82, 2.24) is 10.6 Å². The molecule has 1 aromatic carbocycles. The Labute approximate surface area is 131 Å². The quantitative estimate of drug-likeness (QED) is 0.751. The van der Waals surface area contributed by atoms with Gasteiger partial charge in [0, 0.05) is 23.0 Å². The fraction of sp³-hybridized carbons (Fsp3) is 0.357. The van der Waals surface area contributed by atoms with Crippen molar-refractivity contribution in [3.63, 3.8) is 0 Å². The predicted octanol–water partition coefficient (Wildman–Crippen LogP) is 1.25. The molecule has 0 fully saturated rings. The molecule has 0 aliphatic heterocycles. The van der Waals surface area contributed by atoms with Crippen molar-refractivity contribution in [2.24, 2.45) is 0 Å². The number of carbonyl (C=O) groups excluding carboxylic acids is 3. The topological polar surface area (TPSA) is 84.5 Å². The molecule has 1 rings (SSSR count). The molecule has 2 amide bonds. The Morgan fingerprint density at radius 1 is 1.24 bits per heavy atom. The van der Waals surface area contributed by atoms with Crippen LogP contribution in [0.3, 0.4) is 0 Å². The Kier molecular flexibility index (Phi) is 6.87. The van der Waals surface area contributed by atoms with E-state index in [9.17, 15) is 14.4 Å². The number of hydrogen-bond acceptors (Lipinski definition) is 4. The third kappa shape index (κ3) is 5.95. The zero-order chi connectivity index (χ0) is 15.8. The molecular formula is C14H17BrN2O4. The molecule has 2 N–H and O–H groups in total. The van der Waals surface area contributed by atoms with Crippen molar-refractivity contribution >= 4 is 33.7 Å². The number of carbonyl (C=O) groups is 3. The summed E-state index contributed by atoms with van der Waals surface area (Å²) in [6.45, 7) is 1.72. The first kappa shape index (κ1) is 17.2. The van der Waals surface area contributed by atoms with E-state index in [0.29, 0.717) is 5.56 Å². The van der Waals surface area contributed by atoms with Crippen molar-refractivity contribution in [2.45, 2.75) is 19.4 Å². The van der Waals surface area contributed by atoms with E-state index in [1.807, 2.05) is 0 Å². The Bertz CT molecular complexity index is 516. The maximum absolute atomic E-state index is 11.8.